The normalized spacial score (nSPS) is 12.2. The van der Waals surface area contributed by atoms with Gasteiger partial charge in [-0.3, -0.25) is 9.97 Å². The molecule has 0 fully saturated rings. The molecule has 0 spiro atoms. The first-order valence-corrected chi connectivity index (χ1v) is 10.9. The molecule has 0 radical (unpaired) electrons. The molecule has 1 aliphatic carbocycles. The van der Waals surface area contributed by atoms with E-state index in [0.717, 1.165) is 17.8 Å². The molecular weight excluding hydrogens is 390 g/mol. The summed E-state index contributed by atoms with van der Waals surface area (Å²) in [5.41, 5.74) is 10.6. The van der Waals surface area contributed by atoms with E-state index in [9.17, 15) is 0 Å². The molecule has 0 N–H and O–H groups in total. The first-order chi connectivity index (χ1) is 15.9. The first kappa shape index (κ1) is 17.4. The molecule has 0 saturated heterocycles. The second-order valence-electron chi connectivity index (χ2n) is 8.29. The molecule has 0 saturated carbocycles. The molecular formula is C29H19N3. The van der Waals surface area contributed by atoms with Crippen molar-refractivity contribution < 1.29 is 0 Å². The predicted octanol–water partition coefficient (Wildman–Crippen LogP) is 6.81. The van der Waals surface area contributed by atoms with Gasteiger partial charge in [0.2, 0.25) is 0 Å². The Labute approximate surface area is 185 Å². The van der Waals surface area contributed by atoms with E-state index in [1.807, 2.05) is 18.5 Å². The summed E-state index contributed by atoms with van der Waals surface area (Å²) in [4.78, 5) is 9.27. The maximum atomic E-state index is 4.68. The van der Waals surface area contributed by atoms with Crippen molar-refractivity contribution in [1.29, 1.82) is 0 Å². The molecule has 150 valence electrons. The van der Waals surface area contributed by atoms with Gasteiger partial charge in [0.15, 0.2) is 0 Å². The zero-order chi connectivity index (χ0) is 21.1. The molecule has 0 amide bonds. The van der Waals surface area contributed by atoms with Gasteiger partial charge in [0.1, 0.15) is 0 Å². The number of hydrogen-bond acceptors (Lipinski definition) is 2. The second kappa shape index (κ2) is 6.63. The summed E-state index contributed by atoms with van der Waals surface area (Å²) in [5.74, 6) is 0. The molecule has 6 aromatic rings. The van der Waals surface area contributed by atoms with E-state index in [1.54, 1.807) is 0 Å². The van der Waals surface area contributed by atoms with E-state index in [2.05, 4.69) is 99.5 Å². The van der Waals surface area contributed by atoms with Gasteiger partial charge >= 0.3 is 0 Å². The zero-order valence-electron chi connectivity index (χ0n) is 17.4. The van der Waals surface area contributed by atoms with Gasteiger partial charge in [0, 0.05) is 35.3 Å². The van der Waals surface area contributed by atoms with Gasteiger partial charge in [-0.15, -0.1) is 0 Å². The smallest absolute Gasteiger partial charge is 0.0930 e. The van der Waals surface area contributed by atoms with E-state index in [0.29, 0.717) is 0 Å². The number of para-hydroxylation sites is 2. The number of nitrogens with zero attached hydrogens (tertiary/aromatic N) is 3. The summed E-state index contributed by atoms with van der Waals surface area (Å²) in [5, 5.41) is 2.53. The first-order valence-electron chi connectivity index (χ1n) is 10.9. The van der Waals surface area contributed by atoms with Crippen molar-refractivity contribution in [3.63, 3.8) is 0 Å². The highest BCUT2D eigenvalue weighted by Gasteiger charge is 2.24. The van der Waals surface area contributed by atoms with Crippen LogP contribution in [0.1, 0.15) is 11.1 Å². The van der Waals surface area contributed by atoms with E-state index in [-0.39, 0.29) is 0 Å². The Morgan fingerprint density at radius 1 is 0.625 bits per heavy atom. The van der Waals surface area contributed by atoms with Gasteiger partial charge < -0.3 is 4.57 Å². The van der Waals surface area contributed by atoms with Gasteiger partial charge in [-0.2, -0.15) is 0 Å². The molecule has 3 aromatic heterocycles. The minimum atomic E-state index is 0.880. The number of hydrogen-bond donors (Lipinski definition) is 0. The highest BCUT2D eigenvalue weighted by Crippen LogP contribution is 2.41. The van der Waals surface area contributed by atoms with Crippen LogP contribution in [0.15, 0.2) is 103 Å². The summed E-state index contributed by atoms with van der Waals surface area (Å²) in [6.07, 6.45) is 4.65. The van der Waals surface area contributed by atoms with Crippen molar-refractivity contribution in [1.82, 2.24) is 14.5 Å². The average molecular weight is 409 g/mol. The molecule has 3 nitrogen and oxygen atoms in total. The van der Waals surface area contributed by atoms with Crippen LogP contribution in [0.4, 0.5) is 0 Å². The minimum absolute atomic E-state index is 0.880. The Kier molecular flexibility index (Phi) is 3.61. The monoisotopic (exact) mass is 409 g/mol. The van der Waals surface area contributed by atoms with Crippen molar-refractivity contribution in [2.24, 2.45) is 0 Å². The largest absolute Gasteiger partial charge is 0.309 e. The highest BCUT2D eigenvalue weighted by molar-refractivity contribution is 6.10. The molecule has 7 rings (SSSR count). The van der Waals surface area contributed by atoms with Crippen LogP contribution in [0.2, 0.25) is 0 Å². The summed E-state index contributed by atoms with van der Waals surface area (Å²) in [7, 11) is 0. The van der Waals surface area contributed by atoms with Crippen molar-refractivity contribution >= 4 is 21.8 Å². The number of pyridine rings is 2. The van der Waals surface area contributed by atoms with Gasteiger partial charge in [0.05, 0.1) is 22.4 Å². The topological polar surface area (TPSA) is 30.7 Å². The van der Waals surface area contributed by atoms with Crippen LogP contribution >= 0.6 is 0 Å². The molecule has 3 aromatic carbocycles. The van der Waals surface area contributed by atoms with Crippen LogP contribution in [0, 0.1) is 0 Å². The van der Waals surface area contributed by atoms with E-state index in [1.165, 1.54) is 49.7 Å². The van der Waals surface area contributed by atoms with Crippen molar-refractivity contribution in [2.45, 2.75) is 6.42 Å². The molecule has 0 atom stereocenters. The summed E-state index contributed by atoms with van der Waals surface area (Å²) in [6, 6.07) is 32.4. The fourth-order valence-corrected chi connectivity index (χ4v) is 5.13. The fraction of sp³-hybridized carbons (Fsp3) is 0.0345. The van der Waals surface area contributed by atoms with E-state index in [4.69, 9.17) is 0 Å². The third kappa shape index (κ3) is 2.42. The number of fused-ring (bicyclic) bond motifs is 6. The van der Waals surface area contributed by atoms with E-state index < -0.39 is 0 Å². The Balaban J connectivity index is 1.48. The number of benzene rings is 3. The average Bonchev–Trinajstić information content (AvgIpc) is 3.40. The third-order valence-corrected chi connectivity index (χ3v) is 6.54. The summed E-state index contributed by atoms with van der Waals surface area (Å²) < 4.78 is 2.35. The maximum Gasteiger partial charge on any atom is 0.0930 e. The van der Waals surface area contributed by atoms with Gasteiger partial charge in [-0.25, -0.2) is 0 Å². The van der Waals surface area contributed by atoms with Crippen LogP contribution in [0.5, 0.6) is 0 Å². The maximum absolute atomic E-state index is 4.68. The summed E-state index contributed by atoms with van der Waals surface area (Å²) in [6.45, 7) is 0. The zero-order valence-corrected chi connectivity index (χ0v) is 17.4. The quantitative estimate of drug-likeness (QED) is 0.314. The summed E-state index contributed by atoms with van der Waals surface area (Å²) >= 11 is 0. The SMILES string of the molecule is c1ccc(-n2c3ccccc3c3cc(-c4ccnc5c4Cc4cccnc4-5)ccc32)cc1. The Bertz CT molecular complexity index is 1640. The standard InChI is InChI=1S/C29H19N3/c1-2-8-21(9-3-1)32-26-11-5-4-10-23(26)24-17-19(12-13-27(24)32)22-14-16-31-29-25(22)18-20-7-6-15-30-28(20)29/h1-17H,18H2. The lowest BCUT2D eigenvalue weighted by Gasteiger charge is -2.10. The van der Waals surface area contributed by atoms with Crippen LogP contribution in [0.25, 0.3) is 50.0 Å². The van der Waals surface area contributed by atoms with Crippen LogP contribution < -0.4 is 0 Å². The predicted molar refractivity (Wildman–Crippen MR) is 130 cm³/mol. The fourth-order valence-electron chi connectivity index (χ4n) is 5.13. The third-order valence-electron chi connectivity index (χ3n) is 6.54. The Morgan fingerprint density at radius 2 is 1.44 bits per heavy atom. The van der Waals surface area contributed by atoms with Crippen molar-refractivity contribution in [3.8, 4) is 28.2 Å². The molecule has 3 heteroatoms. The molecule has 0 unspecified atom stereocenters. The van der Waals surface area contributed by atoms with Gasteiger partial charge in [0.25, 0.3) is 0 Å². The van der Waals surface area contributed by atoms with Crippen LogP contribution in [-0.2, 0) is 6.42 Å². The number of aromatic nitrogens is 3. The van der Waals surface area contributed by atoms with E-state index >= 15 is 0 Å². The minimum Gasteiger partial charge on any atom is -0.309 e. The molecule has 0 aliphatic heterocycles. The second-order valence-corrected chi connectivity index (χ2v) is 8.29. The van der Waals surface area contributed by atoms with Gasteiger partial charge in [-0.1, -0.05) is 48.5 Å². The highest BCUT2D eigenvalue weighted by atomic mass is 15.0. The van der Waals surface area contributed by atoms with Crippen LogP contribution in [-0.4, -0.2) is 14.5 Å². The van der Waals surface area contributed by atoms with Crippen molar-refractivity contribution in [2.75, 3.05) is 0 Å². The molecule has 3 heterocycles. The lowest BCUT2D eigenvalue weighted by atomic mass is 9.97. The lowest BCUT2D eigenvalue weighted by Crippen LogP contribution is -1.93. The Morgan fingerprint density at radius 3 is 2.38 bits per heavy atom. The molecule has 1 aliphatic rings. The van der Waals surface area contributed by atoms with Crippen molar-refractivity contribution in [3.05, 3.63) is 115 Å². The number of rotatable bonds is 2. The van der Waals surface area contributed by atoms with Gasteiger partial charge in [-0.05, 0) is 64.7 Å². The lowest BCUT2D eigenvalue weighted by molar-refractivity contribution is 1.18. The molecule has 32 heavy (non-hydrogen) atoms. The Hall–Kier alpha value is -4.24. The molecule has 0 bridgehead atoms. The van der Waals surface area contributed by atoms with Crippen LogP contribution in [0.3, 0.4) is 0 Å².